The molecule has 0 aliphatic carbocycles. The molecule has 0 aromatic heterocycles. The molecule has 0 fully saturated rings. The van der Waals surface area contributed by atoms with Crippen LogP contribution in [0.4, 0.5) is 0 Å². The Morgan fingerprint density at radius 3 is 2.64 bits per heavy atom. The van der Waals surface area contributed by atoms with Gasteiger partial charge in [0, 0.05) is 10.0 Å². The molecule has 1 aromatic rings. The lowest BCUT2D eigenvalue weighted by molar-refractivity contribution is 0.479. The predicted octanol–water partition coefficient (Wildman–Crippen LogP) is 4.39. The molecular weight excluding hydrogens is 240 g/mol. The molecule has 1 rings (SSSR count). The highest BCUT2D eigenvalue weighted by Crippen LogP contribution is 2.24. The van der Waals surface area contributed by atoms with Crippen LogP contribution in [0.15, 0.2) is 41.1 Å². The molecule has 0 bridgehead atoms. The molecule has 0 heterocycles. The van der Waals surface area contributed by atoms with Crippen molar-refractivity contribution in [3.05, 3.63) is 46.6 Å². The van der Waals surface area contributed by atoms with Gasteiger partial charge in [0.15, 0.2) is 0 Å². The van der Waals surface area contributed by atoms with E-state index in [1.165, 1.54) is 0 Å². The Bertz CT molecular complexity index is 353. The third kappa shape index (κ3) is 3.04. The summed E-state index contributed by atoms with van der Waals surface area (Å²) in [7, 11) is 0. The minimum Gasteiger partial charge on any atom is -0.465 e. The Morgan fingerprint density at radius 1 is 1.21 bits per heavy atom. The van der Waals surface area contributed by atoms with Crippen molar-refractivity contribution in [3.8, 4) is 5.75 Å². The van der Waals surface area contributed by atoms with E-state index in [-0.39, 0.29) is 0 Å². The van der Waals surface area contributed by atoms with Crippen LogP contribution in [0.5, 0.6) is 5.75 Å². The van der Waals surface area contributed by atoms with Gasteiger partial charge in [0.1, 0.15) is 5.75 Å². The van der Waals surface area contributed by atoms with E-state index in [2.05, 4.69) is 15.9 Å². The molecule has 14 heavy (non-hydrogen) atoms. The predicted molar refractivity (Wildman–Crippen MR) is 64.3 cm³/mol. The first kappa shape index (κ1) is 11.1. The van der Waals surface area contributed by atoms with Gasteiger partial charge in [-0.1, -0.05) is 34.2 Å². The Morgan fingerprint density at radius 2 is 2.00 bits per heavy atom. The fraction of sp³-hybridized carbons (Fsp3) is 0.167. The highest BCUT2D eigenvalue weighted by Gasteiger charge is 1.99. The standard InChI is InChI=1S/C12H13BrO/c1-3-5-10-9-11(13)6-7-12(10)14-8-4-2/h3-9H,1-2H3. The molecule has 0 saturated heterocycles. The molecule has 0 aliphatic heterocycles. The van der Waals surface area contributed by atoms with Crippen molar-refractivity contribution in [2.75, 3.05) is 0 Å². The summed E-state index contributed by atoms with van der Waals surface area (Å²) >= 11 is 3.43. The van der Waals surface area contributed by atoms with Gasteiger partial charge in [-0.05, 0) is 32.0 Å². The van der Waals surface area contributed by atoms with Crippen LogP contribution in [0.2, 0.25) is 0 Å². The smallest absolute Gasteiger partial charge is 0.133 e. The molecule has 1 nitrogen and oxygen atoms in total. The summed E-state index contributed by atoms with van der Waals surface area (Å²) in [6.07, 6.45) is 7.55. The number of rotatable bonds is 3. The molecule has 0 aliphatic rings. The van der Waals surface area contributed by atoms with Gasteiger partial charge in [-0.15, -0.1) is 0 Å². The normalized spacial score (nSPS) is 11.4. The highest BCUT2D eigenvalue weighted by molar-refractivity contribution is 9.10. The molecule has 2 heteroatoms. The van der Waals surface area contributed by atoms with Crippen LogP contribution in [-0.4, -0.2) is 0 Å². The first-order valence-corrected chi connectivity index (χ1v) is 5.27. The summed E-state index contributed by atoms with van der Waals surface area (Å²) in [6, 6.07) is 5.93. The van der Waals surface area contributed by atoms with Crippen LogP contribution >= 0.6 is 15.9 Å². The summed E-state index contributed by atoms with van der Waals surface area (Å²) in [5, 5.41) is 0. The average molecular weight is 253 g/mol. The number of halogens is 1. The minimum absolute atomic E-state index is 0.865. The molecule has 0 spiro atoms. The lowest BCUT2D eigenvalue weighted by atomic mass is 10.2. The fourth-order valence-corrected chi connectivity index (χ4v) is 1.46. The monoisotopic (exact) mass is 252 g/mol. The second-order valence-electron chi connectivity index (χ2n) is 2.77. The van der Waals surface area contributed by atoms with Gasteiger partial charge < -0.3 is 4.74 Å². The number of allylic oxidation sites excluding steroid dienone is 2. The van der Waals surface area contributed by atoms with Gasteiger partial charge in [0.25, 0.3) is 0 Å². The Balaban J connectivity index is 3.01. The average Bonchev–Trinajstić information content (AvgIpc) is 2.17. The zero-order chi connectivity index (χ0) is 10.4. The molecule has 1 aromatic carbocycles. The summed E-state index contributed by atoms with van der Waals surface area (Å²) < 4.78 is 6.50. The van der Waals surface area contributed by atoms with Gasteiger partial charge in [-0.2, -0.15) is 0 Å². The van der Waals surface area contributed by atoms with Crippen molar-refractivity contribution in [2.24, 2.45) is 0 Å². The van der Waals surface area contributed by atoms with Crippen LogP contribution in [0.3, 0.4) is 0 Å². The lowest BCUT2D eigenvalue weighted by Gasteiger charge is -2.04. The molecule has 0 radical (unpaired) electrons. The van der Waals surface area contributed by atoms with Crippen molar-refractivity contribution in [1.82, 2.24) is 0 Å². The van der Waals surface area contributed by atoms with E-state index >= 15 is 0 Å². The Kier molecular flexibility index (Phi) is 4.47. The van der Waals surface area contributed by atoms with Crippen molar-refractivity contribution >= 4 is 22.0 Å². The topological polar surface area (TPSA) is 9.23 Å². The van der Waals surface area contributed by atoms with Gasteiger partial charge in [0.05, 0.1) is 6.26 Å². The zero-order valence-electron chi connectivity index (χ0n) is 8.33. The van der Waals surface area contributed by atoms with E-state index in [9.17, 15) is 0 Å². The van der Waals surface area contributed by atoms with Crippen molar-refractivity contribution in [2.45, 2.75) is 13.8 Å². The van der Waals surface area contributed by atoms with Crippen LogP contribution in [0.1, 0.15) is 19.4 Å². The number of hydrogen-bond acceptors (Lipinski definition) is 1. The van der Waals surface area contributed by atoms with Crippen molar-refractivity contribution < 1.29 is 4.74 Å². The van der Waals surface area contributed by atoms with Crippen LogP contribution < -0.4 is 4.74 Å². The zero-order valence-corrected chi connectivity index (χ0v) is 9.91. The van der Waals surface area contributed by atoms with E-state index in [0.29, 0.717) is 0 Å². The van der Waals surface area contributed by atoms with Crippen LogP contribution in [-0.2, 0) is 0 Å². The molecule has 0 amide bonds. The lowest BCUT2D eigenvalue weighted by Crippen LogP contribution is -1.85. The maximum Gasteiger partial charge on any atom is 0.133 e. The Labute approximate surface area is 93.2 Å². The van der Waals surface area contributed by atoms with Gasteiger partial charge >= 0.3 is 0 Å². The second-order valence-corrected chi connectivity index (χ2v) is 3.69. The summed E-state index contributed by atoms with van der Waals surface area (Å²) in [5.74, 6) is 0.865. The first-order chi connectivity index (χ1) is 6.77. The second kappa shape index (κ2) is 5.66. The number of benzene rings is 1. The van der Waals surface area contributed by atoms with Gasteiger partial charge in [0.2, 0.25) is 0 Å². The van der Waals surface area contributed by atoms with Gasteiger partial charge in [-0.25, -0.2) is 0 Å². The first-order valence-electron chi connectivity index (χ1n) is 4.48. The largest absolute Gasteiger partial charge is 0.465 e. The molecule has 0 N–H and O–H groups in total. The maximum absolute atomic E-state index is 5.44. The Hall–Kier alpha value is -1.02. The quantitative estimate of drug-likeness (QED) is 0.725. The van der Waals surface area contributed by atoms with Crippen LogP contribution in [0, 0.1) is 0 Å². The van der Waals surface area contributed by atoms with E-state index in [0.717, 1.165) is 15.8 Å². The SMILES string of the molecule is CC=COc1ccc(Br)cc1C=CC. The highest BCUT2D eigenvalue weighted by atomic mass is 79.9. The third-order valence-electron chi connectivity index (χ3n) is 1.65. The van der Waals surface area contributed by atoms with Gasteiger partial charge in [-0.3, -0.25) is 0 Å². The summed E-state index contributed by atoms with van der Waals surface area (Å²) in [6.45, 7) is 3.91. The minimum atomic E-state index is 0.865. The molecule has 0 atom stereocenters. The summed E-state index contributed by atoms with van der Waals surface area (Å²) in [4.78, 5) is 0. The van der Waals surface area contributed by atoms with Crippen molar-refractivity contribution in [3.63, 3.8) is 0 Å². The fourth-order valence-electron chi connectivity index (χ4n) is 1.08. The van der Waals surface area contributed by atoms with E-state index in [4.69, 9.17) is 4.74 Å². The third-order valence-corrected chi connectivity index (χ3v) is 2.14. The van der Waals surface area contributed by atoms with E-state index < -0.39 is 0 Å². The maximum atomic E-state index is 5.44. The van der Waals surface area contributed by atoms with E-state index in [1.807, 2.05) is 50.3 Å². The molecular formula is C12H13BrO. The molecule has 74 valence electrons. The van der Waals surface area contributed by atoms with E-state index in [1.54, 1.807) is 6.26 Å². The molecule has 0 saturated carbocycles. The number of hydrogen-bond donors (Lipinski definition) is 0. The van der Waals surface area contributed by atoms with Crippen LogP contribution in [0.25, 0.3) is 6.08 Å². The number of ether oxygens (including phenoxy) is 1. The molecule has 0 unspecified atom stereocenters. The van der Waals surface area contributed by atoms with Crippen molar-refractivity contribution in [1.29, 1.82) is 0 Å². The summed E-state index contributed by atoms with van der Waals surface area (Å²) in [5.41, 5.74) is 1.07.